The number of halogens is 1. The highest BCUT2D eigenvalue weighted by Gasteiger charge is 2.15. The Labute approximate surface area is 126 Å². The Morgan fingerprint density at radius 1 is 1.25 bits per heavy atom. The fourth-order valence-corrected chi connectivity index (χ4v) is 2.52. The lowest BCUT2D eigenvalue weighted by Gasteiger charge is -2.15. The van der Waals surface area contributed by atoms with Crippen molar-refractivity contribution in [3.05, 3.63) is 34.4 Å². The molecule has 20 heavy (non-hydrogen) atoms. The Bertz CT molecular complexity index is 610. The average molecular weight is 334 g/mol. The molecule has 0 bridgehead atoms. The molecular formula is C14H16BrN5. The van der Waals surface area contributed by atoms with Crippen molar-refractivity contribution in [1.82, 2.24) is 15.2 Å². The van der Waals surface area contributed by atoms with Gasteiger partial charge >= 0.3 is 0 Å². The Balaban J connectivity index is 1.79. The van der Waals surface area contributed by atoms with Gasteiger partial charge in [-0.3, -0.25) is 0 Å². The molecule has 0 amide bonds. The predicted octanol–water partition coefficient (Wildman–Crippen LogP) is 3.29. The largest absolute Gasteiger partial charge is 0.339 e. The monoisotopic (exact) mass is 333 g/mol. The van der Waals surface area contributed by atoms with Crippen LogP contribution in [0.2, 0.25) is 0 Å². The summed E-state index contributed by atoms with van der Waals surface area (Å²) in [6.45, 7) is 4.09. The van der Waals surface area contributed by atoms with Gasteiger partial charge in [-0.05, 0) is 43.5 Å². The second kappa shape index (κ2) is 5.75. The van der Waals surface area contributed by atoms with Crippen molar-refractivity contribution < 1.29 is 0 Å². The van der Waals surface area contributed by atoms with E-state index < -0.39 is 0 Å². The van der Waals surface area contributed by atoms with E-state index >= 15 is 0 Å². The molecule has 1 fully saturated rings. The van der Waals surface area contributed by atoms with Crippen LogP contribution in [0.25, 0.3) is 0 Å². The van der Waals surface area contributed by atoms with Crippen LogP contribution in [0.3, 0.4) is 0 Å². The SMILES string of the molecule is Cc1cc(Nc2cnnc(N3CCCC3)n2)ccc1Br. The lowest BCUT2D eigenvalue weighted by Crippen LogP contribution is -2.21. The molecule has 0 aliphatic carbocycles. The highest BCUT2D eigenvalue weighted by atomic mass is 79.9. The number of aryl methyl sites for hydroxylation is 1. The van der Waals surface area contributed by atoms with E-state index in [2.05, 4.69) is 54.3 Å². The number of rotatable bonds is 3. The van der Waals surface area contributed by atoms with Gasteiger partial charge in [0.25, 0.3) is 0 Å². The lowest BCUT2D eigenvalue weighted by atomic mass is 10.2. The average Bonchev–Trinajstić information content (AvgIpc) is 2.97. The maximum absolute atomic E-state index is 4.53. The molecule has 0 unspecified atom stereocenters. The summed E-state index contributed by atoms with van der Waals surface area (Å²) in [6.07, 6.45) is 4.05. The Hall–Kier alpha value is -1.69. The first-order valence-corrected chi connectivity index (χ1v) is 7.49. The zero-order chi connectivity index (χ0) is 13.9. The predicted molar refractivity (Wildman–Crippen MR) is 83.4 cm³/mol. The molecule has 1 aliphatic rings. The molecular weight excluding hydrogens is 318 g/mol. The van der Waals surface area contributed by atoms with E-state index in [-0.39, 0.29) is 0 Å². The van der Waals surface area contributed by atoms with E-state index in [1.54, 1.807) is 6.20 Å². The number of hydrogen-bond acceptors (Lipinski definition) is 5. The third-order valence-corrected chi connectivity index (χ3v) is 4.26. The molecule has 2 heterocycles. The highest BCUT2D eigenvalue weighted by molar-refractivity contribution is 9.10. The first-order chi connectivity index (χ1) is 9.72. The third kappa shape index (κ3) is 2.90. The number of benzene rings is 1. The van der Waals surface area contributed by atoms with Gasteiger partial charge in [0, 0.05) is 23.2 Å². The van der Waals surface area contributed by atoms with Crippen LogP contribution in [-0.4, -0.2) is 28.3 Å². The van der Waals surface area contributed by atoms with E-state index in [0.717, 1.165) is 29.1 Å². The number of anilines is 3. The van der Waals surface area contributed by atoms with Gasteiger partial charge in [0.05, 0.1) is 6.20 Å². The summed E-state index contributed by atoms with van der Waals surface area (Å²) in [5.74, 6) is 1.44. The second-order valence-corrected chi connectivity index (χ2v) is 5.78. The topological polar surface area (TPSA) is 53.9 Å². The summed E-state index contributed by atoms with van der Waals surface area (Å²) in [5.41, 5.74) is 2.18. The van der Waals surface area contributed by atoms with Gasteiger partial charge in [-0.15, -0.1) is 5.10 Å². The van der Waals surface area contributed by atoms with Gasteiger partial charge in [-0.25, -0.2) is 0 Å². The molecule has 6 heteroatoms. The van der Waals surface area contributed by atoms with Crippen molar-refractivity contribution in [2.45, 2.75) is 19.8 Å². The molecule has 104 valence electrons. The molecule has 0 spiro atoms. The first-order valence-electron chi connectivity index (χ1n) is 6.70. The summed E-state index contributed by atoms with van der Waals surface area (Å²) in [5, 5.41) is 11.4. The van der Waals surface area contributed by atoms with Crippen LogP contribution >= 0.6 is 15.9 Å². The molecule has 2 aromatic rings. The minimum absolute atomic E-state index is 0.710. The lowest BCUT2D eigenvalue weighted by molar-refractivity contribution is 0.852. The summed E-state index contributed by atoms with van der Waals surface area (Å²) >= 11 is 3.50. The van der Waals surface area contributed by atoms with Crippen molar-refractivity contribution in [2.75, 3.05) is 23.3 Å². The van der Waals surface area contributed by atoms with E-state index in [9.17, 15) is 0 Å². The van der Waals surface area contributed by atoms with E-state index in [1.807, 2.05) is 12.1 Å². The zero-order valence-corrected chi connectivity index (χ0v) is 12.9. The molecule has 0 saturated carbocycles. The van der Waals surface area contributed by atoms with Crippen LogP contribution in [-0.2, 0) is 0 Å². The summed E-state index contributed by atoms with van der Waals surface area (Å²) < 4.78 is 1.10. The number of aromatic nitrogens is 3. The van der Waals surface area contributed by atoms with Gasteiger partial charge < -0.3 is 10.2 Å². The maximum Gasteiger partial charge on any atom is 0.247 e. The first kappa shape index (κ1) is 13.3. The Morgan fingerprint density at radius 3 is 2.80 bits per heavy atom. The molecule has 5 nitrogen and oxygen atoms in total. The molecule has 0 atom stereocenters. The van der Waals surface area contributed by atoms with Crippen molar-refractivity contribution in [1.29, 1.82) is 0 Å². The fraction of sp³-hybridized carbons (Fsp3) is 0.357. The van der Waals surface area contributed by atoms with E-state index in [4.69, 9.17) is 0 Å². The highest BCUT2D eigenvalue weighted by Crippen LogP contribution is 2.23. The van der Waals surface area contributed by atoms with Crippen LogP contribution in [0.4, 0.5) is 17.5 Å². The van der Waals surface area contributed by atoms with Crippen LogP contribution in [0.5, 0.6) is 0 Å². The Kier molecular flexibility index (Phi) is 3.82. The molecule has 0 radical (unpaired) electrons. The molecule has 1 aromatic heterocycles. The standard InChI is InChI=1S/C14H16BrN5/c1-10-8-11(4-5-12(10)15)17-13-9-16-19-14(18-13)20-6-2-3-7-20/h4-5,8-9H,2-3,6-7H2,1H3,(H,17,18,19). The Morgan fingerprint density at radius 2 is 2.05 bits per heavy atom. The van der Waals surface area contributed by atoms with E-state index in [0.29, 0.717) is 5.95 Å². The van der Waals surface area contributed by atoms with E-state index in [1.165, 1.54) is 18.4 Å². The van der Waals surface area contributed by atoms with Gasteiger partial charge in [0.1, 0.15) is 0 Å². The maximum atomic E-state index is 4.53. The van der Waals surface area contributed by atoms with Crippen molar-refractivity contribution in [2.24, 2.45) is 0 Å². The van der Waals surface area contributed by atoms with Gasteiger partial charge in [-0.1, -0.05) is 15.9 Å². The molecule has 3 rings (SSSR count). The van der Waals surface area contributed by atoms with Crippen LogP contribution in [0.15, 0.2) is 28.9 Å². The number of nitrogens with zero attached hydrogens (tertiary/aromatic N) is 4. The van der Waals surface area contributed by atoms with Crippen LogP contribution in [0, 0.1) is 6.92 Å². The number of hydrogen-bond donors (Lipinski definition) is 1. The minimum atomic E-state index is 0.710. The third-order valence-electron chi connectivity index (χ3n) is 3.37. The number of nitrogens with one attached hydrogen (secondary N) is 1. The molecule has 1 aliphatic heterocycles. The molecule has 1 aromatic carbocycles. The van der Waals surface area contributed by atoms with Gasteiger partial charge in [0.15, 0.2) is 5.82 Å². The fourth-order valence-electron chi connectivity index (χ4n) is 2.28. The summed E-state index contributed by atoms with van der Waals surface area (Å²) in [4.78, 5) is 6.70. The zero-order valence-electron chi connectivity index (χ0n) is 11.3. The molecule has 1 N–H and O–H groups in total. The van der Waals surface area contributed by atoms with Crippen molar-refractivity contribution in [3.8, 4) is 0 Å². The van der Waals surface area contributed by atoms with Crippen LogP contribution < -0.4 is 10.2 Å². The molecule has 1 saturated heterocycles. The second-order valence-electron chi connectivity index (χ2n) is 4.92. The van der Waals surface area contributed by atoms with Gasteiger partial charge in [0.2, 0.25) is 5.95 Å². The van der Waals surface area contributed by atoms with Crippen LogP contribution in [0.1, 0.15) is 18.4 Å². The van der Waals surface area contributed by atoms with Crippen molar-refractivity contribution in [3.63, 3.8) is 0 Å². The normalized spacial score (nSPS) is 14.6. The summed E-state index contributed by atoms with van der Waals surface area (Å²) in [6, 6.07) is 6.10. The quantitative estimate of drug-likeness (QED) is 0.933. The smallest absolute Gasteiger partial charge is 0.247 e. The minimum Gasteiger partial charge on any atom is -0.339 e. The van der Waals surface area contributed by atoms with Gasteiger partial charge in [-0.2, -0.15) is 10.1 Å². The summed E-state index contributed by atoms with van der Waals surface area (Å²) in [7, 11) is 0. The van der Waals surface area contributed by atoms with Crippen molar-refractivity contribution >= 4 is 33.4 Å².